The molecule has 2 heterocycles. The molecule has 1 saturated heterocycles. The summed E-state index contributed by atoms with van der Waals surface area (Å²) in [6.07, 6.45) is 2.22. The van der Waals surface area contributed by atoms with Crippen molar-refractivity contribution in [1.82, 2.24) is 15.1 Å². The van der Waals surface area contributed by atoms with Crippen molar-refractivity contribution in [2.75, 3.05) is 13.1 Å². The van der Waals surface area contributed by atoms with Crippen molar-refractivity contribution in [3.63, 3.8) is 0 Å². The minimum atomic E-state index is -1.20. The van der Waals surface area contributed by atoms with Gasteiger partial charge < -0.3 is 5.32 Å². The molecule has 1 aliphatic heterocycles. The molecule has 0 bridgehead atoms. The molecular weight excluding hydrogens is 169 g/mol. The second kappa shape index (κ2) is 3.10. The minimum absolute atomic E-state index is 0.415. The third-order valence-corrected chi connectivity index (χ3v) is 2.58. The number of hydrogen-bond acceptors (Lipinski definition) is 2. The number of alkyl halides is 1. The summed E-state index contributed by atoms with van der Waals surface area (Å²) in [5.74, 6) is 0. The first-order chi connectivity index (χ1) is 6.26. The summed E-state index contributed by atoms with van der Waals surface area (Å²) < 4.78 is 15.9. The molecule has 1 aromatic rings. The van der Waals surface area contributed by atoms with E-state index in [1.165, 1.54) is 0 Å². The summed E-state index contributed by atoms with van der Waals surface area (Å²) >= 11 is 0. The zero-order chi connectivity index (χ0) is 9.31. The van der Waals surface area contributed by atoms with E-state index >= 15 is 0 Å². The Morgan fingerprint density at radius 1 is 1.77 bits per heavy atom. The topological polar surface area (TPSA) is 29.9 Å². The predicted molar refractivity (Wildman–Crippen MR) is 48.2 cm³/mol. The van der Waals surface area contributed by atoms with Gasteiger partial charge in [0.05, 0.1) is 5.69 Å². The highest BCUT2D eigenvalue weighted by atomic mass is 19.1. The molecule has 13 heavy (non-hydrogen) atoms. The van der Waals surface area contributed by atoms with Gasteiger partial charge in [0.15, 0.2) is 5.67 Å². The Balaban J connectivity index is 2.32. The average Bonchev–Trinajstić information content (AvgIpc) is 2.72. The lowest BCUT2D eigenvalue weighted by atomic mass is 10.0. The van der Waals surface area contributed by atoms with E-state index in [1.807, 2.05) is 6.92 Å². The number of hydrogen-bond donors (Lipinski definition) is 1. The standard InChI is InChI=1S/C9H14FN3/c1-2-13-8(3-5-12-13)9(10)4-6-11-7-9/h3,5,11H,2,4,6-7H2,1H3. The smallest absolute Gasteiger partial charge is 0.165 e. The molecular formula is C9H14FN3. The Morgan fingerprint density at radius 2 is 2.62 bits per heavy atom. The molecule has 3 nitrogen and oxygen atoms in total. The minimum Gasteiger partial charge on any atom is -0.313 e. The fourth-order valence-electron chi connectivity index (χ4n) is 1.85. The third-order valence-electron chi connectivity index (χ3n) is 2.58. The zero-order valence-corrected chi connectivity index (χ0v) is 7.76. The number of aryl methyl sites for hydroxylation is 1. The second-order valence-electron chi connectivity index (χ2n) is 3.42. The third kappa shape index (κ3) is 1.35. The van der Waals surface area contributed by atoms with Crippen LogP contribution in [-0.2, 0) is 12.2 Å². The van der Waals surface area contributed by atoms with Crippen molar-refractivity contribution in [1.29, 1.82) is 0 Å². The number of aromatic nitrogens is 2. The maximum absolute atomic E-state index is 14.2. The van der Waals surface area contributed by atoms with Gasteiger partial charge in [0.1, 0.15) is 0 Å². The fourth-order valence-corrected chi connectivity index (χ4v) is 1.85. The van der Waals surface area contributed by atoms with Gasteiger partial charge in [-0.2, -0.15) is 5.10 Å². The van der Waals surface area contributed by atoms with E-state index in [0.717, 1.165) is 13.1 Å². The molecule has 1 aromatic heterocycles. The molecule has 1 atom stereocenters. The molecule has 2 rings (SSSR count). The first-order valence-electron chi connectivity index (χ1n) is 4.68. The van der Waals surface area contributed by atoms with Crippen molar-refractivity contribution in [2.24, 2.45) is 0 Å². The van der Waals surface area contributed by atoms with Crippen LogP contribution in [0.3, 0.4) is 0 Å². The second-order valence-corrected chi connectivity index (χ2v) is 3.42. The highest BCUT2D eigenvalue weighted by molar-refractivity contribution is 5.15. The van der Waals surface area contributed by atoms with Gasteiger partial charge in [-0.15, -0.1) is 0 Å². The highest BCUT2D eigenvalue weighted by Gasteiger charge is 2.38. The number of rotatable bonds is 2. The molecule has 0 spiro atoms. The molecule has 4 heteroatoms. The number of nitrogens with one attached hydrogen (secondary N) is 1. The largest absolute Gasteiger partial charge is 0.313 e. The Bertz CT molecular complexity index is 289. The fraction of sp³-hybridized carbons (Fsp3) is 0.667. The first-order valence-corrected chi connectivity index (χ1v) is 4.68. The molecule has 1 N–H and O–H groups in total. The number of halogens is 1. The van der Waals surface area contributed by atoms with Crippen LogP contribution < -0.4 is 5.32 Å². The Hall–Kier alpha value is -0.900. The summed E-state index contributed by atoms with van der Waals surface area (Å²) in [5.41, 5.74) is -0.494. The van der Waals surface area contributed by atoms with Gasteiger partial charge in [0, 0.05) is 25.7 Å². The maximum Gasteiger partial charge on any atom is 0.165 e. The van der Waals surface area contributed by atoms with Gasteiger partial charge >= 0.3 is 0 Å². The first kappa shape index (κ1) is 8.69. The quantitative estimate of drug-likeness (QED) is 0.743. The predicted octanol–water partition coefficient (Wildman–Crippen LogP) is 1.06. The van der Waals surface area contributed by atoms with Gasteiger partial charge in [-0.25, -0.2) is 4.39 Å². The Labute approximate surface area is 76.9 Å². The van der Waals surface area contributed by atoms with Gasteiger partial charge in [-0.3, -0.25) is 4.68 Å². The van der Waals surface area contributed by atoms with Crippen LogP contribution >= 0.6 is 0 Å². The molecule has 0 aromatic carbocycles. The van der Waals surface area contributed by atoms with Crippen molar-refractivity contribution < 1.29 is 4.39 Å². The van der Waals surface area contributed by atoms with E-state index in [2.05, 4.69) is 10.4 Å². The van der Waals surface area contributed by atoms with Crippen molar-refractivity contribution in [3.8, 4) is 0 Å². The van der Waals surface area contributed by atoms with Gasteiger partial charge in [-0.1, -0.05) is 0 Å². The Kier molecular flexibility index (Phi) is 2.07. The van der Waals surface area contributed by atoms with E-state index in [4.69, 9.17) is 0 Å². The molecule has 72 valence electrons. The van der Waals surface area contributed by atoms with E-state index < -0.39 is 5.67 Å². The lowest BCUT2D eigenvalue weighted by molar-refractivity contribution is 0.177. The highest BCUT2D eigenvalue weighted by Crippen LogP contribution is 2.31. The molecule has 0 saturated carbocycles. The van der Waals surface area contributed by atoms with E-state index in [1.54, 1.807) is 16.9 Å². The van der Waals surface area contributed by atoms with E-state index in [9.17, 15) is 4.39 Å². The monoisotopic (exact) mass is 183 g/mol. The Morgan fingerprint density at radius 3 is 3.23 bits per heavy atom. The summed E-state index contributed by atoms with van der Waals surface area (Å²) in [6, 6.07) is 1.77. The molecule has 1 fully saturated rings. The van der Waals surface area contributed by atoms with Crippen molar-refractivity contribution in [3.05, 3.63) is 18.0 Å². The summed E-state index contributed by atoms with van der Waals surface area (Å²) in [6.45, 7) is 3.88. The molecule has 0 radical (unpaired) electrons. The summed E-state index contributed by atoms with van der Waals surface area (Å²) in [4.78, 5) is 0. The SMILES string of the molecule is CCn1nccc1C1(F)CCNC1. The molecule has 1 unspecified atom stereocenters. The zero-order valence-electron chi connectivity index (χ0n) is 7.76. The van der Waals surface area contributed by atoms with Crippen LogP contribution in [-0.4, -0.2) is 22.9 Å². The van der Waals surface area contributed by atoms with Crippen LogP contribution in [0.2, 0.25) is 0 Å². The maximum atomic E-state index is 14.2. The molecule has 1 aliphatic rings. The van der Waals surface area contributed by atoms with Gasteiger partial charge in [0.25, 0.3) is 0 Å². The number of nitrogens with zero attached hydrogens (tertiary/aromatic N) is 2. The van der Waals surface area contributed by atoms with Gasteiger partial charge in [0.2, 0.25) is 0 Å². The van der Waals surface area contributed by atoms with Crippen LogP contribution in [0.4, 0.5) is 4.39 Å². The van der Waals surface area contributed by atoms with Crippen LogP contribution in [0.1, 0.15) is 19.0 Å². The van der Waals surface area contributed by atoms with Crippen molar-refractivity contribution >= 4 is 0 Å². The summed E-state index contributed by atoms with van der Waals surface area (Å²) in [5, 5.41) is 7.11. The van der Waals surface area contributed by atoms with E-state index in [0.29, 0.717) is 18.7 Å². The molecule has 0 amide bonds. The van der Waals surface area contributed by atoms with E-state index in [-0.39, 0.29) is 0 Å². The van der Waals surface area contributed by atoms with Gasteiger partial charge in [-0.05, 0) is 19.5 Å². The lowest BCUT2D eigenvalue weighted by Gasteiger charge is -2.18. The van der Waals surface area contributed by atoms with Crippen molar-refractivity contribution in [2.45, 2.75) is 25.6 Å². The van der Waals surface area contributed by atoms with Crippen LogP contribution in [0.25, 0.3) is 0 Å². The lowest BCUT2D eigenvalue weighted by Crippen LogP contribution is -2.26. The van der Waals surface area contributed by atoms with Crippen LogP contribution in [0, 0.1) is 0 Å². The molecule has 0 aliphatic carbocycles. The van der Waals surface area contributed by atoms with Crippen LogP contribution in [0.5, 0.6) is 0 Å². The van der Waals surface area contributed by atoms with Crippen LogP contribution in [0.15, 0.2) is 12.3 Å². The average molecular weight is 183 g/mol. The summed E-state index contributed by atoms with van der Waals surface area (Å²) in [7, 11) is 0. The normalized spacial score (nSPS) is 28.2.